The summed E-state index contributed by atoms with van der Waals surface area (Å²) in [5, 5.41) is 3.28. The highest BCUT2D eigenvalue weighted by Gasteiger charge is 2.11. The third kappa shape index (κ3) is 3.41. The molecule has 1 heterocycles. The van der Waals surface area contributed by atoms with E-state index in [-0.39, 0.29) is 5.82 Å². The molecule has 1 N–H and O–H groups in total. The predicted molar refractivity (Wildman–Crippen MR) is 82.0 cm³/mol. The Labute approximate surface area is 126 Å². The minimum absolute atomic E-state index is 0.301. The Morgan fingerprint density at radius 2 is 1.80 bits per heavy atom. The zero-order valence-electron chi connectivity index (χ0n) is 11.8. The van der Waals surface area contributed by atoms with E-state index in [9.17, 15) is 4.39 Å². The Balaban J connectivity index is 2.43. The van der Waals surface area contributed by atoms with Crippen molar-refractivity contribution in [3.05, 3.63) is 45.4 Å². The Hall–Kier alpha value is -1.33. The van der Waals surface area contributed by atoms with Crippen LogP contribution in [0.1, 0.15) is 23.9 Å². The minimum atomic E-state index is -0.301. The van der Waals surface area contributed by atoms with Gasteiger partial charge in [0, 0.05) is 33.5 Å². The van der Waals surface area contributed by atoms with Gasteiger partial charge in [0.1, 0.15) is 5.82 Å². The number of aromatic nitrogens is 2. The molecule has 0 saturated heterocycles. The Bertz CT molecular complexity index is 585. The van der Waals surface area contributed by atoms with E-state index < -0.39 is 0 Å². The molecule has 0 atom stereocenters. The maximum Gasteiger partial charge on any atom is 0.159 e. The fourth-order valence-electron chi connectivity index (χ4n) is 2.06. The lowest BCUT2D eigenvalue weighted by molar-refractivity contribution is 0.627. The highest BCUT2D eigenvalue weighted by atomic mass is 79.9. The molecule has 0 aliphatic heterocycles. The number of benzene rings is 1. The van der Waals surface area contributed by atoms with E-state index in [0.717, 1.165) is 30.0 Å². The van der Waals surface area contributed by atoms with E-state index >= 15 is 0 Å². The maximum absolute atomic E-state index is 13.5. The zero-order chi connectivity index (χ0) is 14.7. The van der Waals surface area contributed by atoms with Crippen LogP contribution < -0.4 is 5.32 Å². The normalized spacial score (nSPS) is 10.8. The first-order valence-electron chi connectivity index (χ1n) is 6.52. The molecular formula is C15H17BrFN3. The highest BCUT2D eigenvalue weighted by molar-refractivity contribution is 9.10. The summed E-state index contributed by atoms with van der Waals surface area (Å²) in [4.78, 5) is 9.00. The summed E-state index contributed by atoms with van der Waals surface area (Å²) < 4.78 is 14.1. The van der Waals surface area contributed by atoms with Gasteiger partial charge in [-0.1, -0.05) is 22.9 Å². The van der Waals surface area contributed by atoms with Crippen molar-refractivity contribution >= 4 is 15.9 Å². The van der Waals surface area contributed by atoms with Crippen LogP contribution in [0, 0.1) is 19.7 Å². The van der Waals surface area contributed by atoms with Gasteiger partial charge >= 0.3 is 0 Å². The Morgan fingerprint density at radius 3 is 2.35 bits per heavy atom. The summed E-state index contributed by atoms with van der Waals surface area (Å²) in [5.74, 6) is 0.255. The lowest BCUT2D eigenvalue weighted by Gasteiger charge is -2.11. The standard InChI is InChI=1S/C15H17BrFN3/c1-4-18-8-14-9(2)19-15(20-10(14)3)11-5-12(16)7-13(17)6-11/h5-7,18H,4,8H2,1-3H3. The Kier molecular flexibility index (Phi) is 4.83. The topological polar surface area (TPSA) is 37.8 Å². The van der Waals surface area contributed by atoms with Crippen LogP contribution in [0.2, 0.25) is 0 Å². The van der Waals surface area contributed by atoms with Crippen molar-refractivity contribution in [2.45, 2.75) is 27.3 Å². The summed E-state index contributed by atoms with van der Waals surface area (Å²) in [6.07, 6.45) is 0. The van der Waals surface area contributed by atoms with Gasteiger partial charge in [0.25, 0.3) is 0 Å². The van der Waals surface area contributed by atoms with Crippen LogP contribution in [0.3, 0.4) is 0 Å². The van der Waals surface area contributed by atoms with Crippen LogP contribution in [-0.4, -0.2) is 16.5 Å². The summed E-state index contributed by atoms with van der Waals surface area (Å²) in [6.45, 7) is 7.63. The second-order valence-corrected chi connectivity index (χ2v) is 5.55. The summed E-state index contributed by atoms with van der Waals surface area (Å²) >= 11 is 3.29. The fraction of sp³-hybridized carbons (Fsp3) is 0.333. The molecule has 2 rings (SSSR count). The van der Waals surface area contributed by atoms with Crippen molar-refractivity contribution in [2.75, 3.05) is 6.54 Å². The maximum atomic E-state index is 13.5. The molecule has 0 unspecified atom stereocenters. The minimum Gasteiger partial charge on any atom is -0.313 e. The third-order valence-electron chi connectivity index (χ3n) is 3.09. The van der Waals surface area contributed by atoms with Crippen LogP contribution in [0.25, 0.3) is 11.4 Å². The van der Waals surface area contributed by atoms with Gasteiger partial charge < -0.3 is 5.32 Å². The van der Waals surface area contributed by atoms with Gasteiger partial charge in [-0.15, -0.1) is 0 Å². The van der Waals surface area contributed by atoms with E-state index in [2.05, 4.69) is 38.1 Å². The predicted octanol–water partition coefficient (Wildman–Crippen LogP) is 3.77. The van der Waals surface area contributed by atoms with Gasteiger partial charge in [0.15, 0.2) is 5.82 Å². The first-order chi connectivity index (χ1) is 9.51. The molecule has 5 heteroatoms. The molecule has 0 fully saturated rings. The average molecular weight is 338 g/mol. The molecular weight excluding hydrogens is 321 g/mol. The summed E-state index contributed by atoms with van der Waals surface area (Å²) in [6, 6.07) is 4.69. The van der Waals surface area contributed by atoms with Crippen molar-refractivity contribution in [1.29, 1.82) is 0 Å². The van der Waals surface area contributed by atoms with Gasteiger partial charge in [-0.3, -0.25) is 0 Å². The number of nitrogens with one attached hydrogen (secondary N) is 1. The molecule has 20 heavy (non-hydrogen) atoms. The van der Waals surface area contributed by atoms with Crippen LogP contribution in [0.5, 0.6) is 0 Å². The molecule has 2 aromatic rings. The number of rotatable bonds is 4. The molecule has 0 amide bonds. The van der Waals surface area contributed by atoms with Crippen LogP contribution in [0.15, 0.2) is 22.7 Å². The monoisotopic (exact) mass is 337 g/mol. The molecule has 0 bridgehead atoms. The van der Waals surface area contributed by atoms with E-state index in [1.165, 1.54) is 12.1 Å². The summed E-state index contributed by atoms with van der Waals surface area (Å²) in [5.41, 5.74) is 3.63. The first kappa shape index (κ1) is 15.1. The van der Waals surface area contributed by atoms with Crippen molar-refractivity contribution in [3.63, 3.8) is 0 Å². The van der Waals surface area contributed by atoms with Crippen LogP contribution in [-0.2, 0) is 6.54 Å². The number of hydrogen-bond donors (Lipinski definition) is 1. The number of nitrogens with zero attached hydrogens (tertiary/aromatic N) is 2. The highest BCUT2D eigenvalue weighted by Crippen LogP contribution is 2.23. The van der Waals surface area contributed by atoms with Gasteiger partial charge in [0.05, 0.1) is 0 Å². The molecule has 1 aromatic heterocycles. The van der Waals surface area contributed by atoms with E-state index in [1.54, 1.807) is 0 Å². The van der Waals surface area contributed by atoms with Gasteiger partial charge in [-0.25, -0.2) is 14.4 Å². The van der Waals surface area contributed by atoms with Gasteiger partial charge in [0.2, 0.25) is 0 Å². The van der Waals surface area contributed by atoms with Crippen molar-refractivity contribution in [2.24, 2.45) is 0 Å². The molecule has 106 valence electrons. The van der Waals surface area contributed by atoms with Gasteiger partial charge in [-0.05, 0) is 38.6 Å². The SMILES string of the molecule is CCNCc1c(C)nc(-c2cc(F)cc(Br)c2)nc1C. The van der Waals surface area contributed by atoms with Crippen molar-refractivity contribution in [1.82, 2.24) is 15.3 Å². The van der Waals surface area contributed by atoms with Crippen LogP contribution in [0.4, 0.5) is 4.39 Å². The second kappa shape index (κ2) is 6.41. The average Bonchev–Trinajstić information content (AvgIpc) is 2.36. The molecule has 1 aromatic carbocycles. The number of hydrogen-bond acceptors (Lipinski definition) is 3. The molecule has 3 nitrogen and oxygen atoms in total. The molecule has 0 saturated carbocycles. The smallest absolute Gasteiger partial charge is 0.159 e. The van der Waals surface area contributed by atoms with E-state index in [4.69, 9.17) is 0 Å². The first-order valence-corrected chi connectivity index (χ1v) is 7.32. The molecule has 0 aliphatic carbocycles. The molecule has 0 radical (unpaired) electrons. The zero-order valence-corrected chi connectivity index (χ0v) is 13.4. The van der Waals surface area contributed by atoms with E-state index in [1.807, 2.05) is 19.9 Å². The van der Waals surface area contributed by atoms with Gasteiger partial charge in [-0.2, -0.15) is 0 Å². The third-order valence-corrected chi connectivity index (χ3v) is 3.55. The van der Waals surface area contributed by atoms with Crippen LogP contribution >= 0.6 is 15.9 Å². The molecule has 0 spiro atoms. The van der Waals surface area contributed by atoms with E-state index in [0.29, 0.717) is 15.9 Å². The van der Waals surface area contributed by atoms with Crippen molar-refractivity contribution < 1.29 is 4.39 Å². The largest absolute Gasteiger partial charge is 0.313 e. The van der Waals surface area contributed by atoms with Crippen molar-refractivity contribution in [3.8, 4) is 11.4 Å². The molecule has 0 aliphatic rings. The number of halogens is 2. The summed E-state index contributed by atoms with van der Waals surface area (Å²) in [7, 11) is 0. The lowest BCUT2D eigenvalue weighted by Crippen LogP contribution is -2.15. The second-order valence-electron chi connectivity index (χ2n) is 4.64. The lowest BCUT2D eigenvalue weighted by atomic mass is 10.1. The fourth-order valence-corrected chi connectivity index (χ4v) is 2.52. The quantitative estimate of drug-likeness (QED) is 0.922. The Morgan fingerprint density at radius 1 is 1.15 bits per heavy atom. The number of aryl methyl sites for hydroxylation is 2.